The van der Waals surface area contributed by atoms with Crippen LogP contribution in [0.5, 0.6) is 5.75 Å². The van der Waals surface area contributed by atoms with Crippen molar-refractivity contribution >= 4 is 58.9 Å². The number of ether oxygens (including phenoxy) is 1. The fourth-order valence-corrected chi connectivity index (χ4v) is 5.26. The second-order valence-corrected chi connectivity index (χ2v) is 12.1. The Morgan fingerprint density at radius 3 is 2.09 bits per heavy atom. The molecule has 0 unspecified atom stereocenters. The molecule has 0 aliphatic carbocycles. The van der Waals surface area contributed by atoms with Gasteiger partial charge in [0.05, 0.1) is 23.9 Å². The van der Waals surface area contributed by atoms with Crippen molar-refractivity contribution in [3.05, 3.63) is 76.8 Å². The topological polar surface area (TPSA) is 122 Å². The quantitative estimate of drug-likeness (QED) is 0.394. The number of halogens is 1. The molecule has 0 bridgehead atoms. The number of amides is 1. The van der Waals surface area contributed by atoms with Crippen LogP contribution in [0.1, 0.15) is 5.56 Å². The Bertz CT molecular complexity index is 1430. The van der Waals surface area contributed by atoms with Crippen molar-refractivity contribution in [1.82, 2.24) is 0 Å². The summed E-state index contributed by atoms with van der Waals surface area (Å²) in [5, 5.41) is 2.60. The van der Waals surface area contributed by atoms with E-state index in [1.54, 1.807) is 42.5 Å². The fraction of sp³-hybridized carbons (Fsp3) is 0.174. The summed E-state index contributed by atoms with van der Waals surface area (Å²) in [6, 6.07) is 16.9. The van der Waals surface area contributed by atoms with E-state index in [2.05, 4.69) is 26.0 Å². The Labute approximate surface area is 213 Å². The molecule has 0 aliphatic rings. The van der Waals surface area contributed by atoms with Gasteiger partial charge >= 0.3 is 0 Å². The van der Waals surface area contributed by atoms with E-state index in [9.17, 15) is 21.6 Å². The molecular formula is C23H24BrN3O6S2. The Balaban J connectivity index is 1.70. The zero-order valence-electron chi connectivity index (χ0n) is 19.1. The molecule has 3 rings (SSSR count). The van der Waals surface area contributed by atoms with E-state index in [1.165, 1.54) is 31.4 Å². The van der Waals surface area contributed by atoms with Crippen LogP contribution in [0.15, 0.2) is 76.1 Å². The summed E-state index contributed by atoms with van der Waals surface area (Å²) < 4.78 is 59.3. The average molecular weight is 582 g/mol. The Hall–Kier alpha value is -3.09. The van der Waals surface area contributed by atoms with Gasteiger partial charge in [0.2, 0.25) is 15.9 Å². The number of hydrogen-bond donors (Lipinski definition) is 2. The summed E-state index contributed by atoms with van der Waals surface area (Å²) in [5.74, 6) is 0.0145. The van der Waals surface area contributed by atoms with Gasteiger partial charge in [-0.15, -0.1) is 0 Å². The number of nitrogens with one attached hydrogen (secondary N) is 2. The summed E-state index contributed by atoms with van der Waals surface area (Å²) in [5.41, 5.74) is 1.86. The molecule has 0 saturated carbocycles. The minimum atomic E-state index is -3.86. The standard InChI is InChI=1S/C23H24BrN3O6S2/c1-16-14-19(8-13-22(16)24)27(34(3,29)30)15-23(28)25-17-6-11-21(12-7-17)35(31,32)26-18-4-9-20(33-2)10-5-18/h4-14,26H,15H2,1-3H3,(H,25,28). The van der Waals surface area contributed by atoms with Gasteiger partial charge < -0.3 is 10.1 Å². The van der Waals surface area contributed by atoms with Gasteiger partial charge in [-0.2, -0.15) is 0 Å². The summed E-state index contributed by atoms with van der Waals surface area (Å²) >= 11 is 3.37. The van der Waals surface area contributed by atoms with Crippen LogP contribution in [-0.4, -0.2) is 42.7 Å². The molecule has 0 aliphatic heterocycles. The number of aryl methyl sites for hydroxylation is 1. The molecule has 0 spiro atoms. The third-order valence-corrected chi connectivity index (χ3v) is 8.34. The van der Waals surface area contributed by atoms with E-state index in [0.717, 1.165) is 20.6 Å². The highest BCUT2D eigenvalue weighted by molar-refractivity contribution is 9.10. The first-order valence-corrected chi connectivity index (χ1v) is 14.3. The lowest BCUT2D eigenvalue weighted by Crippen LogP contribution is -2.37. The van der Waals surface area contributed by atoms with E-state index in [1.807, 2.05) is 6.92 Å². The predicted octanol–water partition coefficient (Wildman–Crippen LogP) is 3.97. The monoisotopic (exact) mass is 581 g/mol. The van der Waals surface area contributed by atoms with Crippen LogP contribution in [-0.2, 0) is 24.8 Å². The van der Waals surface area contributed by atoms with Gasteiger partial charge in [0.15, 0.2) is 0 Å². The van der Waals surface area contributed by atoms with Crippen molar-refractivity contribution in [2.45, 2.75) is 11.8 Å². The molecular weight excluding hydrogens is 558 g/mol. The molecule has 3 aromatic rings. The lowest BCUT2D eigenvalue weighted by molar-refractivity contribution is -0.114. The van der Waals surface area contributed by atoms with Crippen molar-refractivity contribution in [1.29, 1.82) is 0 Å². The minimum Gasteiger partial charge on any atom is -0.497 e. The van der Waals surface area contributed by atoms with Crippen LogP contribution in [0, 0.1) is 6.92 Å². The van der Waals surface area contributed by atoms with Gasteiger partial charge in [0, 0.05) is 15.8 Å². The smallest absolute Gasteiger partial charge is 0.261 e. The van der Waals surface area contributed by atoms with Crippen LogP contribution in [0.25, 0.3) is 0 Å². The first-order valence-electron chi connectivity index (χ1n) is 10.2. The van der Waals surface area contributed by atoms with Crippen molar-refractivity contribution in [3.8, 4) is 5.75 Å². The largest absolute Gasteiger partial charge is 0.497 e. The fourth-order valence-electron chi connectivity index (χ4n) is 3.11. The SMILES string of the molecule is COc1ccc(NS(=O)(=O)c2ccc(NC(=O)CN(c3ccc(Br)c(C)c3)S(C)(=O)=O)cc2)cc1. The predicted molar refractivity (Wildman–Crippen MR) is 140 cm³/mol. The first-order chi connectivity index (χ1) is 16.4. The third-order valence-electron chi connectivity index (χ3n) is 4.91. The number of rotatable bonds is 9. The molecule has 0 fully saturated rings. The van der Waals surface area contributed by atoms with Crippen molar-refractivity contribution in [3.63, 3.8) is 0 Å². The molecule has 0 heterocycles. The number of carbonyl (C=O) groups excluding carboxylic acids is 1. The van der Waals surface area contributed by atoms with Gasteiger partial charge in [-0.25, -0.2) is 16.8 Å². The van der Waals surface area contributed by atoms with Crippen LogP contribution in [0.3, 0.4) is 0 Å². The normalized spacial score (nSPS) is 11.5. The highest BCUT2D eigenvalue weighted by atomic mass is 79.9. The van der Waals surface area contributed by atoms with Gasteiger partial charge in [-0.05, 0) is 79.2 Å². The zero-order chi connectivity index (χ0) is 25.8. The molecule has 0 aromatic heterocycles. The number of benzene rings is 3. The summed E-state index contributed by atoms with van der Waals surface area (Å²) in [6.07, 6.45) is 1.02. The molecule has 0 atom stereocenters. The number of nitrogens with zero attached hydrogens (tertiary/aromatic N) is 1. The molecule has 1 amide bonds. The van der Waals surface area contributed by atoms with Gasteiger partial charge in [-0.3, -0.25) is 13.8 Å². The second-order valence-electron chi connectivity index (χ2n) is 7.61. The van der Waals surface area contributed by atoms with Crippen molar-refractivity contribution in [2.75, 3.05) is 34.3 Å². The number of sulfonamides is 2. The highest BCUT2D eigenvalue weighted by Crippen LogP contribution is 2.25. The van der Waals surface area contributed by atoms with E-state index >= 15 is 0 Å². The van der Waals surface area contributed by atoms with E-state index in [0.29, 0.717) is 22.8 Å². The minimum absolute atomic E-state index is 0.00517. The molecule has 2 N–H and O–H groups in total. The molecule has 0 radical (unpaired) electrons. The van der Waals surface area contributed by atoms with Crippen LogP contribution < -0.4 is 19.1 Å². The van der Waals surface area contributed by atoms with Crippen molar-refractivity contribution in [2.24, 2.45) is 0 Å². The zero-order valence-corrected chi connectivity index (χ0v) is 22.4. The van der Waals surface area contributed by atoms with Gasteiger partial charge in [0.1, 0.15) is 12.3 Å². The van der Waals surface area contributed by atoms with E-state index in [4.69, 9.17) is 4.74 Å². The van der Waals surface area contributed by atoms with E-state index in [-0.39, 0.29) is 4.90 Å². The average Bonchev–Trinajstić information content (AvgIpc) is 2.79. The second kappa shape index (κ2) is 10.7. The molecule has 12 heteroatoms. The molecule has 186 valence electrons. The third kappa shape index (κ3) is 6.96. The number of hydrogen-bond acceptors (Lipinski definition) is 6. The van der Waals surface area contributed by atoms with Gasteiger partial charge in [-0.1, -0.05) is 15.9 Å². The van der Waals surface area contributed by atoms with E-state index < -0.39 is 32.5 Å². The van der Waals surface area contributed by atoms with Crippen LogP contribution in [0.2, 0.25) is 0 Å². The summed E-state index contributed by atoms with van der Waals surface area (Å²) in [7, 11) is -6.07. The number of methoxy groups -OCH3 is 1. The van der Waals surface area contributed by atoms with Crippen molar-refractivity contribution < 1.29 is 26.4 Å². The maximum atomic E-state index is 12.6. The first kappa shape index (κ1) is 26.5. The highest BCUT2D eigenvalue weighted by Gasteiger charge is 2.22. The molecule has 35 heavy (non-hydrogen) atoms. The van der Waals surface area contributed by atoms with Crippen LogP contribution >= 0.6 is 15.9 Å². The van der Waals surface area contributed by atoms with Crippen LogP contribution in [0.4, 0.5) is 17.1 Å². The summed E-state index contributed by atoms with van der Waals surface area (Å²) in [6.45, 7) is 1.37. The Kier molecular flexibility index (Phi) is 8.08. The molecule has 3 aromatic carbocycles. The maximum absolute atomic E-state index is 12.6. The summed E-state index contributed by atoms with van der Waals surface area (Å²) in [4.78, 5) is 12.6. The lowest BCUT2D eigenvalue weighted by Gasteiger charge is -2.22. The maximum Gasteiger partial charge on any atom is 0.261 e. The Morgan fingerprint density at radius 2 is 1.54 bits per heavy atom. The number of carbonyl (C=O) groups is 1. The lowest BCUT2D eigenvalue weighted by atomic mass is 10.2. The Morgan fingerprint density at radius 1 is 0.943 bits per heavy atom. The molecule has 9 nitrogen and oxygen atoms in total. The molecule has 0 saturated heterocycles. The van der Waals surface area contributed by atoms with Gasteiger partial charge in [0.25, 0.3) is 10.0 Å². The number of anilines is 3.